The van der Waals surface area contributed by atoms with Crippen LogP contribution in [0.15, 0.2) is 78.9 Å². The van der Waals surface area contributed by atoms with Gasteiger partial charge in [0.25, 0.3) is 11.8 Å². The molecule has 1 aliphatic heterocycles. The fourth-order valence-corrected chi connectivity index (χ4v) is 4.61. The second-order valence-corrected chi connectivity index (χ2v) is 9.11. The molecule has 0 aliphatic carbocycles. The summed E-state index contributed by atoms with van der Waals surface area (Å²) in [6.45, 7) is 0.0997. The van der Waals surface area contributed by atoms with Crippen molar-refractivity contribution in [3.05, 3.63) is 106 Å². The van der Waals surface area contributed by atoms with Crippen LogP contribution in [0.1, 0.15) is 33.1 Å². The monoisotopic (exact) mass is 546 g/mol. The van der Waals surface area contributed by atoms with Gasteiger partial charge in [-0.05, 0) is 76.5 Å². The summed E-state index contributed by atoms with van der Waals surface area (Å²) < 4.78 is 16.9. The van der Waals surface area contributed by atoms with E-state index < -0.39 is 29.7 Å². The minimum Gasteiger partial charge on any atom is -0.478 e. The number of aromatic nitrogens is 4. The third-order valence-corrected chi connectivity index (χ3v) is 6.50. The number of aromatic carboxylic acids is 1. The third kappa shape index (κ3) is 5.39. The second kappa shape index (κ2) is 10.8. The number of tetrazole rings is 1. The quantitative estimate of drug-likeness (QED) is 0.348. The van der Waals surface area contributed by atoms with Gasteiger partial charge in [-0.3, -0.25) is 9.59 Å². The fourth-order valence-electron chi connectivity index (χ4n) is 4.43. The summed E-state index contributed by atoms with van der Waals surface area (Å²) in [5.41, 5.74) is 2.49. The Labute approximate surface area is 226 Å². The number of anilines is 1. The van der Waals surface area contributed by atoms with Crippen molar-refractivity contribution in [1.82, 2.24) is 25.1 Å². The standard InChI is InChI=1S/C27H20ClFN6O4/c28-19-7-10-23(35-15-30-32-33-35)18(13-19)14-22(29)26(37)34-12-11-16-3-1-2-4-21(16)24(34)25(36)31-20-8-5-17(6-9-20)27(38)39/h1-10,13-15,24H,11-12H2,(H,31,36)(H,38,39). The average Bonchev–Trinajstić information content (AvgIpc) is 3.47. The maximum Gasteiger partial charge on any atom is 0.335 e. The first-order valence-corrected chi connectivity index (χ1v) is 12.1. The first-order valence-electron chi connectivity index (χ1n) is 11.7. The van der Waals surface area contributed by atoms with Gasteiger partial charge in [-0.1, -0.05) is 35.9 Å². The molecule has 2 amide bonds. The molecule has 1 unspecified atom stereocenters. The zero-order valence-electron chi connectivity index (χ0n) is 20.2. The van der Waals surface area contributed by atoms with Gasteiger partial charge in [0.05, 0.1) is 11.3 Å². The Kier molecular flexibility index (Phi) is 7.15. The Hall–Kier alpha value is -4.90. The molecule has 0 fully saturated rings. The van der Waals surface area contributed by atoms with Crippen LogP contribution in [0, 0.1) is 0 Å². The lowest BCUT2D eigenvalue weighted by Gasteiger charge is -2.36. The predicted octanol–water partition coefficient (Wildman–Crippen LogP) is 4.09. The van der Waals surface area contributed by atoms with Gasteiger partial charge < -0.3 is 15.3 Å². The van der Waals surface area contributed by atoms with Crippen LogP contribution < -0.4 is 5.32 Å². The number of amides is 2. The Morgan fingerprint density at radius 1 is 1.08 bits per heavy atom. The lowest BCUT2D eigenvalue weighted by atomic mass is 9.91. The number of fused-ring (bicyclic) bond motifs is 1. The molecule has 196 valence electrons. The summed E-state index contributed by atoms with van der Waals surface area (Å²) in [5.74, 6) is -3.75. The number of carboxylic acids is 1. The van der Waals surface area contributed by atoms with Gasteiger partial charge in [0.1, 0.15) is 12.4 Å². The van der Waals surface area contributed by atoms with Gasteiger partial charge in [-0.2, -0.15) is 4.68 Å². The van der Waals surface area contributed by atoms with Gasteiger partial charge in [0, 0.05) is 22.8 Å². The van der Waals surface area contributed by atoms with E-state index in [-0.39, 0.29) is 17.7 Å². The van der Waals surface area contributed by atoms with Crippen molar-refractivity contribution in [2.75, 3.05) is 11.9 Å². The van der Waals surface area contributed by atoms with Crippen molar-refractivity contribution in [3.63, 3.8) is 0 Å². The highest BCUT2D eigenvalue weighted by Gasteiger charge is 2.37. The zero-order chi connectivity index (χ0) is 27.5. The highest BCUT2D eigenvalue weighted by atomic mass is 35.5. The molecule has 12 heteroatoms. The minimum absolute atomic E-state index is 0.0575. The molecule has 4 aromatic rings. The number of nitrogens with zero attached hydrogens (tertiary/aromatic N) is 5. The number of hydrogen-bond acceptors (Lipinski definition) is 6. The molecular formula is C27H20ClFN6O4. The number of carbonyl (C=O) groups excluding carboxylic acids is 2. The number of halogens is 2. The molecule has 2 heterocycles. The van der Waals surface area contributed by atoms with Crippen molar-refractivity contribution in [1.29, 1.82) is 0 Å². The highest BCUT2D eigenvalue weighted by molar-refractivity contribution is 6.30. The van der Waals surface area contributed by atoms with Crippen molar-refractivity contribution >= 4 is 41.1 Å². The van der Waals surface area contributed by atoms with Crippen molar-refractivity contribution in [2.24, 2.45) is 0 Å². The number of benzene rings is 3. The van der Waals surface area contributed by atoms with Crippen LogP contribution in [-0.4, -0.2) is 54.5 Å². The Morgan fingerprint density at radius 3 is 2.56 bits per heavy atom. The van der Waals surface area contributed by atoms with E-state index in [1.54, 1.807) is 24.3 Å². The van der Waals surface area contributed by atoms with Crippen LogP contribution in [0.25, 0.3) is 11.8 Å². The van der Waals surface area contributed by atoms with Gasteiger partial charge in [0.15, 0.2) is 5.83 Å². The summed E-state index contributed by atoms with van der Waals surface area (Å²) in [7, 11) is 0. The zero-order valence-corrected chi connectivity index (χ0v) is 20.9. The van der Waals surface area contributed by atoms with Crippen molar-refractivity contribution < 1.29 is 23.9 Å². The van der Waals surface area contributed by atoms with Gasteiger partial charge in [-0.15, -0.1) is 5.10 Å². The van der Waals surface area contributed by atoms with E-state index in [9.17, 15) is 14.4 Å². The van der Waals surface area contributed by atoms with Crippen molar-refractivity contribution in [3.8, 4) is 5.69 Å². The molecule has 0 bridgehead atoms. The van der Waals surface area contributed by atoms with E-state index in [1.165, 1.54) is 46.2 Å². The normalized spacial score (nSPS) is 15.0. The SMILES string of the molecule is O=C(O)c1ccc(NC(=O)C2c3ccccc3CCN2C(=O)C(F)=Cc2cc(Cl)ccc2-n2cnnn2)cc1. The van der Waals surface area contributed by atoms with Crippen LogP contribution in [0.5, 0.6) is 0 Å². The second-order valence-electron chi connectivity index (χ2n) is 8.67. The Balaban J connectivity index is 1.47. The molecule has 39 heavy (non-hydrogen) atoms. The summed E-state index contributed by atoms with van der Waals surface area (Å²) in [4.78, 5) is 39.3. The van der Waals surface area contributed by atoms with Gasteiger partial charge in [0.2, 0.25) is 0 Å². The predicted molar refractivity (Wildman–Crippen MR) is 140 cm³/mol. The summed E-state index contributed by atoms with van der Waals surface area (Å²) in [6.07, 6.45) is 2.79. The van der Waals surface area contributed by atoms with Crippen LogP contribution >= 0.6 is 11.6 Å². The molecule has 3 aromatic carbocycles. The van der Waals surface area contributed by atoms with Crippen LogP contribution in [0.2, 0.25) is 5.02 Å². The molecule has 0 saturated heterocycles. The lowest BCUT2D eigenvalue weighted by Crippen LogP contribution is -2.45. The molecule has 10 nitrogen and oxygen atoms in total. The highest BCUT2D eigenvalue weighted by Crippen LogP contribution is 2.33. The topological polar surface area (TPSA) is 130 Å². The molecule has 0 spiro atoms. The third-order valence-electron chi connectivity index (χ3n) is 6.26. The first kappa shape index (κ1) is 25.7. The maximum absolute atomic E-state index is 15.6. The van der Waals surface area contributed by atoms with Gasteiger partial charge in [-0.25, -0.2) is 9.18 Å². The van der Waals surface area contributed by atoms with Gasteiger partial charge >= 0.3 is 5.97 Å². The number of hydrogen-bond donors (Lipinski definition) is 2. The summed E-state index contributed by atoms with van der Waals surface area (Å²) in [5, 5.41) is 23.1. The maximum atomic E-state index is 15.6. The van der Waals surface area contributed by atoms with Crippen molar-refractivity contribution in [2.45, 2.75) is 12.5 Å². The Morgan fingerprint density at radius 2 is 1.85 bits per heavy atom. The first-order chi connectivity index (χ1) is 18.8. The molecule has 5 rings (SSSR count). The molecule has 1 atom stereocenters. The summed E-state index contributed by atoms with van der Waals surface area (Å²) in [6, 6.07) is 16.3. The van der Waals surface area contributed by atoms with Crippen LogP contribution in [0.3, 0.4) is 0 Å². The molecule has 1 aromatic heterocycles. The molecule has 2 N–H and O–H groups in total. The molecule has 0 radical (unpaired) electrons. The minimum atomic E-state index is -1.13. The summed E-state index contributed by atoms with van der Waals surface area (Å²) >= 11 is 6.12. The Bertz CT molecular complexity index is 1590. The van der Waals surface area contributed by atoms with Crippen LogP contribution in [0.4, 0.5) is 10.1 Å². The smallest absolute Gasteiger partial charge is 0.335 e. The fraction of sp³-hybridized carbons (Fsp3) is 0.111. The van der Waals surface area contributed by atoms with E-state index in [1.807, 2.05) is 12.1 Å². The van der Waals surface area contributed by atoms with E-state index in [2.05, 4.69) is 20.8 Å². The molecular weight excluding hydrogens is 527 g/mol. The number of carbonyl (C=O) groups is 3. The molecule has 0 saturated carbocycles. The van der Waals surface area contributed by atoms with E-state index >= 15 is 4.39 Å². The number of carboxylic acid groups (broad SMARTS) is 1. The van der Waals surface area contributed by atoms with E-state index in [0.29, 0.717) is 28.4 Å². The lowest BCUT2D eigenvalue weighted by molar-refractivity contribution is -0.137. The largest absolute Gasteiger partial charge is 0.478 e. The number of nitrogens with one attached hydrogen (secondary N) is 1. The van der Waals surface area contributed by atoms with Crippen LogP contribution in [-0.2, 0) is 16.0 Å². The molecule has 1 aliphatic rings. The number of rotatable bonds is 6. The van der Waals surface area contributed by atoms with E-state index in [0.717, 1.165) is 11.6 Å². The van der Waals surface area contributed by atoms with E-state index in [4.69, 9.17) is 16.7 Å². The average molecular weight is 547 g/mol.